The Morgan fingerprint density at radius 1 is 1.12 bits per heavy atom. The Balaban J connectivity index is 0.00000243. The minimum atomic E-state index is -0.630. The van der Waals surface area contributed by atoms with Gasteiger partial charge in [0.2, 0.25) is 0 Å². The van der Waals surface area contributed by atoms with Crippen LogP contribution in [0.5, 0.6) is 11.5 Å². The highest BCUT2D eigenvalue weighted by Gasteiger charge is 2.10. The predicted molar refractivity (Wildman–Crippen MR) is 102 cm³/mol. The van der Waals surface area contributed by atoms with Crippen molar-refractivity contribution in [1.82, 2.24) is 9.55 Å². The zero-order valence-electron chi connectivity index (χ0n) is 14.8. The third kappa shape index (κ3) is 4.66. The van der Waals surface area contributed by atoms with Crippen LogP contribution < -0.4 is 9.47 Å². The molecule has 1 aromatic heterocycles. The van der Waals surface area contributed by atoms with E-state index in [0.29, 0.717) is 13.2 Å². The Bertz CT molecular complexity index is 837. The maximum atomic E-state index is 10.3. The third-order valence-electron chi connectivity index (χ3n) is 3.99. The molecule has 0 fully saturated rings. The maximum Gasteiger partial charge on any atom is 0.124 e. The number of para-hydroxylation sites is 2. The fraction of sp³-hybridized carbons (Fsp3) is 0.316. The molecule has 140 valence electrons. The number of halogens is 1. The molecule has 26 heavy (non-hydrogen) atoms. The molecule has 0 amide bonds. The Hall–Kier alpha value is -2.28. The van der Waals surface area contributed by atoms with Crippen molar-refractivity contribution in [2.75, 3.05) is 20.8 Å². The maximum absolute atomic E-state index is 10.3. The lowest BCUT2D eigenvalue weighted by Crippen LogP contribution is -2.21. The van der Waals surface area contributed by atoms with Crippen molar-refractivity contribution in [2.24, 2.45) is 0 Å². The number of methoxy groups -OCH3 is 2. The first-order valence-electron chi connectivity index (χ1n) is 8.08. The summed E-state index contributed by atoms with van der Waals surface area (Å²) in [6, 6.07) is 13.4. The van der Waals surface area contributed by atoms with E-state index in [4.69, 9.17) is 14.2 Å². The standard InChI is InChI=1S/C19H22N2O4.ClH/c1-23-16-7-8-19(24-2)14(9-16)11-25-12-15(22)10-21-13-20-17-5-3-4-6-18(17)21;/h3-9,13,15,22H,10-12H2,1-2H3;1H. The van der Waals surface area contributed by atoms with Gasteiger partial charge in [-0.05, 0) is 30.3 Å². The number of hydrogen-bond acceptors (Lipinski definition) is 5. The molecular weight excluding hydrogens is 356 g/mol. The highest BCUT2D eigenvalue weighted by molar-refractivity contribution is 5.85. The molecule has 0 radical (unpaired) electrons. The number of hydrogen-bond donors (Lipinski definition) is 1. The van der Waals surface area contributed by atoms with Crippen LogP contribution in [-0.2, 0) is 17.9 Å². The summed E-state index contributed by atoms with van der Waals surface area (Å²) in [4.78, 5) is 4.32. The van der Waals surface area contributed by atoms with Gasteiger partial charge in [0.25, 0.3) is 0 Å². The van der Waals surface area contributed by atoms with Gasteiger partial charge < -0.3 is 23.9 Å². The van der Waals surface area contributed by atoms with Gasteiger partial charge in [0.1, 0.15) is 11.5 Å². The van der Waals surface area contributed by atoms with Gasteiger partial charge in [-0.15, -0.1) is 12.4 Å². The van der Waals surface area contributed by atoms with E-state index < -0.39 is 6.10 Å². The SMILES string of the molecule is COc1ccc(OC)c(COCC(O)Cn2cnc3ccccc32)c1.Cl. The number of nitrogens with zero attached hydrogens (tertiary/aromatic N) is 2. The van der Waals surface area contributed by atoms with Crippen LogP contribution in [0, 0.1) is 0 Å². The van der Waals surface area contributed by atoms with Crippen molar-refractivity contribution >= 4 is 23.4 Å². The summed E-state index contributed by atoms with van der Waals surface area (Å²) in [6.07, 6.45) is 1.10. The molecule has 0 bridgehead atoms. The lowest BCUT2D eigenvalue weighted by Gasteiger charge is -2.14. The van der Waals surface area contributed by atoms with E-state index in [2.05, 4.69) is 4.98 Å². The topological polar surface area (TPSA) is 65.7 Å². The molecule has 3 aromatic rings. The van der Waals surface area contributed by atoms with Gasteiger partial charge in [0, 0.05) is 5.56 Å². The molecule has 0 aliphatic rings. The minimum Gasteiger partial charge on any atom is -0.497 e. The molecule has 6 nitrogen and oxygen atoms in total. The second-order valence-electron chi connectivity index (χ2n) is 5.73. The number of rotatable bonds is 8. The van der Waals surface area contributed by atoms with Crippen molar-refractivity contribution in [3.05, 3.63) is 54.4 Å². The Labute approximate surface area is 158 Å². The normalized spacial score (nSPS) is 11.8. The summed E-state index contributed by atoms with van der Waals surface area (Å²) in [5.41, 5.74) is 2.79. The zero-order valence-corrected chi connectivity index (χ0v) is 15.6. The van der Waals surface area contributed by atoms with Gasteiger partial charge in [-0.25, -0.2) is 4.98 Å². The van der Waals surface area contributed by atoms with Gasteiger partial charge in [-0.1, -0.05) is 12.1 Å². The van der Waals surface area contributed by atoms with Crippen LogP contribution in [0.3, 0.4) is 0 Å². The molecule has 7 heteroatoms. The summed E-state index contributed by atoms with van der Waals surface area (Å²) in [5.74, 6) is 1.47. The van der Waals surface area contributed by atoms with Crippen LogP contribution in [0.1, 0.15) is 5.56 Å². The van der Waals surface area contributed by atoms with Crippen LogP contribution in [0.4, 0.5) is 0 Å². The van der Waals surface area contributed by atoms with Crippen LogP contribution in [0.15, 0.2) is 48.8 Å². The Kier molecular flexibility index (Phi) is 7.26. The first kappa shape index (κ1) is 20.0. The van der Waals surface area contributed by atoms with E-state index in [1.807, 2.05) is 47.0 Å². The van der Waals surface area contributed by atoms with E-state index in [0.717, 1.165) is 28.1 Å². The number of aromatic nitrogens is 2. The molecule has 2 aromatic carbocycles. The number of imidazole rings is 1. The third-order valence-corrected chi connectivity index (χ3v) is 3.99. The largest absolute Gasteiger partial charge is 0.497 e. The molecule has 3 rings (SSSR count). The molecule has 1 atom stereocenters. The monoisotopic (exact) mass is 378 g/mol. The predicted octanol–water partition coefficient (Wildman–Crippen LogP) is 3.05. The summed E-state index contributed by atoms with van der Waals surface area (Å²) in [5, 5.41) is 10.3. The van der Waals surface area contributed by atoms with E-state index in [1.54, 1.807) is 20.5 Å². The minimum absolute atomic E-state index is 0. The van der Waals surface area contributed by atoms with Crippen molar-refractivity contribution in [2.45, 2.75) is 19.3 Å². The van der Waals surface area contributed by atoms with E-state index in [-0.39, 0.29) is 19.0 Å². The van der Waals surface area contributed by atoms with Gasteiger partial charge >= 0.3 is 0 Å². The first-order valence-corrected chi connectivity index (χ1v) is 8.08. The van der Waals surface area contributed by atoms with Gasteiger partial charge in [-0.2, -0.15) is 0 Å². The van der Waals surface area contributed by atoms with Crippen molar-refractivity contribution in [3.8, 4) is 11.5 Å². The molecule has 1 unspecified atom stereocenters. The molecule has 0 aliphatic carbocycles. The summed E-state index contributed by atoms with van der Waals surface area (Å²) in [7, 11) is 3.23. The van der Waals surface area contributed by atoms with E-state index in [9.17, 15) is 5.11 Å². The van der Waals surface area contributed by atoms with Crippen LogP contribution >= 0.6 is 12.4 Å². The van der Waals surface area contributed by atoms with Crippen molar-refractivity contribution in [1.29, 1.82) is 0 Å². The first-order chi connectivity index (χ1) is 12.2. The quantitative estimate of drug-likeness (QED) is 0.652. The lowest BCUT2D eigenvalue weighted by molar-refractivity contribution is 0.0202. The van der Waals surface area contributed by atoms with Gasteiger partial charge in [0.15, 0.2) is 0 Å². The summed E-state index contributed by atoms with van der Waals surface area (Å²) >= 11 is 0. The number of fused-ring (bicyclic) bond motifs is 1. The number of benzene rings is 2. The smallest absolute Gasteiger partial charge is 0.124 e. The number of aliphatic hydroxyl groups excluding tert-OH is 1. The molecule has 0 saturated carbocycles. The lowest BCUT2D eigenvalue weighted by atomic mass is 10.2. The molecule has 1 N–H and O–H groups in total. The second-order valence-corrected chi connectivity index (χ2v) is 5.73. The summed E-state index contributed by atoms with van der Waals surface area (Å²) in [6.45, 7) is 0.977. The van der Waals surface area contributed by atoms with Gasteiger partial charge in [-0.3, -0.25) is 0 Å². The number of ether oxygens (including phenoxy) is 3. The molecule has 1 heterocycles. The van der Waals surface area contributed by atoms with Crippen molar-refractivity contribution < 1.29 is 19.3 Å². The second kappa shape index (κ2) is 9.43. The molecule has 0 spiro atoms. The van der Waals surface area contributed by atoms with Crippen LogP contribution in [0.25, 0.3) is 11.0 Å². The fourth-order valence-electron chi connectivity index (χ4n) is 2.74. The molecule has 0 saturated heterocycles. The van der Waals surface area contributed by atoms with Gasteiger partial charge in [0.05, 0.1) is 57.4 Å². The average molecular weight is 379 g/mol. The van der Waals surface area contributed by atoms with Crippen LogP contribution in [-0.4, -0.2) is 41.6 Å². The highest BCUT2D eigenvalue weighted by atomic mass is 35.5. The van der Waals surface area contributed by atoms with E-state index in [1.165, 1.54) is 0 Å². The zero-order chi connectivity index (χ0) is 17.6. The molecular formula is C19H23ClN2O4. The average Bonchev–Trinajstić information content (AvgIpc) is 3.04. The fourth-order valence-corrected chi connectivity index (χ4v) is 2.74. The van der Waals surface area contributed by atoms with Crippen molar-refractivity contribution in [3.63, 3.8) is 0 Å². The van der Waals surface area contributed by atoms with E-state index >= 15 is 0 Å². The number of aliphatic hydroxyl groups is 1. The summed E-state index contributed by atoms with van der Waals surface area (Å²) < 4.78 is 18.1. The Morgan fingerprint density at radius 2 is 1.92 bits per heavy atom. The Morgan fingerprint density at radius 3 is 2.69 bits per heavy atom. The highest BCUT2D eigenvalue weighted by Crippen LogP contribution is 2.24. The molecule has 0 aliphatic heterocycles. The van der Waals surface area contributed by atoms with Crippen LogP contribution in [0.2, 0.25) is 0 Å².